The van der Waals surface area contributed by atoms with E-state index in [0.29, 0.717) is 18.1 Å². The molecule has 1 atom stereocenters. The van der Waals surface area contributed by atoms with Crippen LogP contribution in [0.3, 0.4) is 0 Å². The summed E-state index contributed by atoms with van der Waals surface area (Å²) in [5, 5.41) is 1.24. The van der Waals surface area contributed by atoms with Crippen LogP contribution in [0.5, 0.6) is 0 Å². The van der Waals surface area contributed by atoms with Gasteiger partial charge in [0.2, 0.25) is 0 Å². The van der Waals surface area contributed by atoms with E-state index in [9.17, 15) is 8.42 Å². The molecule has 0 spiro atoms. The smallest absolute Gasteiger partial charge is 0.175 e. The van der Waals surface area contributed by atoms with Crippen molar-refractivity contribution < 1.29 is 13.2 Å². The number of imidazole rings is 1. The van der Waals surface area contributed by atoms with E-state index >= 15 is 0 Å². The Labute approximate surface area is 181 Å². The highest BCUT2D eigenvalue weighted by Gasteiger charge is 2.28. The third-order valence-corrected chi connectivity index (χ3v) is 6.92. The molecule has 0 saturated carbocycles. The number of aromatic nitrogens is 3. The zero-order valence-corrected chi connectivity index (χ0v) is 18.0. The molecule has 1 aliphatic rings. The monoisotopic (exact) mass is 436 g/mol. The average Bonchev–Trinajstić information content (AvgIpc) is 3.42. The van der Waals surface area contributed by atoms with Crippen LogP contribution in [-0.2, 0) is 21.1 Å². The van der Waals surface area contributed by atoms with E-state index < -0.39 is 9.84 Å². The van der Waals surface area contributed by atoms with Crippen LogP contribution in [0.4, 0.5) is 0 Å². The summed E-state index contributed by atoms with van der Waals surface area (Å²) in [5.41, 5.74) is 4.14. The van der Waals surface area contributed by atoms with Crippen molar-refractivity contribution in [2.45, 2.75) is 17.5 Å². The molecule has 0 aliphatic carbocycles. The van der Waals surface area contributed by atoms with Gasteiger partial charge in [0, 0.05) is 36.4 Å². The zero-order chi connectivity index (χ0) is 21.4. The molecule has 31 heavy (non-hydrogen) atoms. The third kappa shape index (κ3) is 4.01. The lowest BCUT2D eigenvalue weighted by molar-refractivity contribution is -0.0154. The minimum absolute atomic E-state index is 0.0199. The van der Waals surface area contributed by atoms with Crippen LogP contribution in [0, 0.1) is 0 Å². The Kier molecular flexibility index (Phi) is 5.13. The molecule has 2 N–H and O–H groups in total. The average molecular weight is 437 g/mol. The number of benzene rings is 2. The van der Waals surface area contributed by atoms with Gasteiger partial charge >= 0.3 is 0 Å². The second kappa shape index (κ2) is 7.96. The van der Waals surface area contributed by atoms with E-state index in [0.717, 1.165) is 35.7 Å². The van der Waals surface area contributed by atoms with Gasteiger partial charge in [0.1, 0.15) is 5.82 Å². The summed E-state index contributed by atoms with van der Waals surface area (Å²) < 4.78 is 29.2. The molecule has 1 aliphatic heterocycles. The number of hydrogen-bond donors (Lipinski definition) is 2. The van der Waals surface area contributed by atoms with Gasteiger partial charge in [-0.25, -0.2) is 13.4 Å². The predicted molar refractivity (Wildman–Crippen MR) is 119 cm³/mol. The summed E-state index contributed by atoms with van der Waals surface area (Å²) in [6.45, 7) is 2.89. The molecule has 1 unspecified atom stereocenters. The lowest BCUT2D eigenvalue weighted by Crippen LogP contribution is -2.39. The lowest BCUT2D eigenvalue weighted by atomic mass is 10.1. The standard InChI is InChI=1S/C23H24N4O3S/c1-31(28,29)18-8-6-16(7-9-18)21-13-25-23(26-21)22-15-30-11-10-27(22)14-17-12-24-20-5-3-2-4-19(17)20/h2-9,12-13,22,24H,10-11,14-15H2,1H3,(H,25,26). The van der Waals surface area contributed by atoms with Gasteiger partial charge in [0.15, 0.2) is 9.84 Å². The largest absolute Gasteiger partial charge is 0.378 e. The van der Waals surface area contributed by atoms with Crippen molar-refractivity contribution in [2.75, 3.05) is 26.0 Å². The number of hydrogen-bond acceptors (Lipinski definition) is 5. The fourth-order valence-electron chi connectivity index (χ4n) is 4.09. The van der Waals surface area contributed by atoms with Gasteiger partial charge in [-0.15, -0.1) is 0 Å². The molecule has 3 heterocycles. The highest BCUT2D eigenvalue weighted by molar-refractivity contribution is 7.90. The first-order valence-electron chi connectivity index (χ1n) is 10.2. The van der Waals surface area contributed by atoms with Gasteiger partial charge in [0.05, 0.1) is 36.0 Å². The van der Waals surface area contributed by atoms with Crippen molar-refractivity contribution in [3.63, 3.8) is 0 Å². The van der Waals surface area contributed by atoms with Gasteiger partial charge in [-0.05, 0) is 29.3 Å². The fourth-order valence-corrected chi connectivity index (χ4v) is 4.73. The summed E-state index contributed by atoms with van der Waals surface area (Å²) in [4.78, 5) is 14.1. The molecular weight excluding hydrogens is 412 g/mol. The topological polar surface area (TPSA) is 91.1 Å². The molecular formula is C23H24N4O3S. The molecule has 0 bridgehead atoms. The fraction of sp³-hybridized carbons (Fsp3) is 0.261. The van der Waals surface area contributed by atoms with E-state index in [1.165, 1.54) is 17.2 Å². The van der Waals surface area contributed by atoms with Crippen molar-refractivity contribution >= 4 is 20.7 Å². The van der Waals surface area contributed by atoms with Crippen LogP contribution in [0.15, 0.2) is 65.8 Å². The quantitative estimate of drug-likeness (QED) is 0.499. The van der Waals surface area contributed by atoms with Crippen LogP contribution in [0.2, 0.25) is 0 Å². The molecule has 1 fully saturated rings. The predicted octanol–water partition coefficient (Wildman–Crippen LogP) is 3.54. The van der Waals surface area contributed by atoms with E-state index in [-0.39, 0.29) is 6.04 Å². The van der Waals surface area contributed by atoms with Crippen molar-refractivity contribution in [1.82, 2.24) is 19.9 Å². The second-order valence-electron chi connectivity index (χ2n) is 7.90. The molecule has 1 saturated heterocycles. The first-order chi connectivity index (χ1) is 15.0. The Morgan fingerprint density at radius 2 is 1.97 bits per heavy atom. The lowest BCUT2D eigenvalue weighted by Gasteiger charge is -2.34. The van der Waals surface area contributed by atoms with E-state index in [4.69, 9.17) is 4.74 Å². The Hall–Kier alpha value is -2.94. The first kappa shape index (κ1) is 20.0. The highest BCUT2D eigenvalue weighted by atomic mass is 32.2. The van der Waals surface area contributed by atoms with Crippen LogP contribution in [-0.4, -0.2) is 54.3 Å². The van der Waals surface area contributed by atoms with Crippen LogP contribution >= 0.6 is 0 Å². The van der Waals surface area contributed by atoms with Crippen LogP contribution in [0.25, 0.3) is 22.2 Å². The van der Waals surface area contributed by atoms with E-state index in [1.54, 1.807) is 30.5 Å². The normalized spacial score (nSPS) is 17.9. The maximum Gasteiger partial charge on any atom is 0.175 e. The number of H-pyrrole nitrogens is 2. The minimum Gasteiger partial charge on any atom is -0.378 e. The Morgan fingerprint density at radius 3 is 2.77 bits per heavy atom. The van der Waals surface area contributed by atoms with Gasteiger partial charge in [-0.2, -0.15) is 0 Å². The van der Waals surface area contributed by atoms with Gasteiger partial charge < -0.3 is 14.7 Å². The zero-order valence-electron chi connectivity index (χ0n) is 17.2. The Morgan fingerprint density at radius 1 is 1.16 bits per heavy atom. The summed E-state index contributed by atoms with van der Waals surface area (Å²) in [6.07, 6.45) is 5.08. The maximum absolute atomic E-state index is 11.7. The second-order valence-corrected chi connectivity index (χ2v) is 9.92. The summed E-state index contributed by atoms with van der Waals surface area (Å²) in [5.74, 6) is 0.849. The van der Waals surface area contributed by atoms with Crippen molar-refractivity contribution in [3.8, 4) is 11.3 Å². The summed E-state index contributed by atoms with van der Waals surface area (Å²) in [7, 11) is -3.21. The molecule has 2 aromatic carbocycles. The number of sulfone groups is 1. The maximum atomic E-state index is 11.7. The number of morpholine rings is 1. The van der Waals surface area contributed by atoms with E-state index in [2.05, 4.69) is 44.2 Å². The Balaban J connectivity index is 1.39. The van der Waals surface area contributed by atoms with Crippen molar-refractivity contribution in [1.29, 1.82) is 0 Å². The van der Waals surface area contributed by atoms with Gasteiger partial charge in [-0.3, -0.25) is 4.90 Å². The number of fused-ring (bicyclic) bond motifs is 1. The van der Waals surface area contributed by atoms with Gasteiger partial charge in [0.25, 0.3) is 0 Å². The Bertz CT molecular complexity index is 1310. The third-order valence-electron chi connectivity index (χ3n) is 5.79. The van der Waals surface area contributed by atoms with Gasteiger partial charge in [-0.1, -0.05) is 30.3 Å². The number of nitrogens with zero attached hydrogens (tertiary/aromatic N) is 2. The number of rotatable bonds is 5. The summed E-state index contributed by atoms with van der Waals surface area (Å²) >= 11 is 0. The molecule has 0 radical (unpaired) electrons. The molecule has 0 amide bonds. The van der Waals surface area contributed by atoms with E-state index in [1.807, 2.05) is 6.07 Å². The minimum atomic E-state index is -3.21. The number of aromatic amines is 2. The molecule has 5 rings (SSSR count). The van der Waals surface area contributed by atoms with Crippen LogP contribution < -0.4 is 0 Å². The van der Waals surface area contributed by atoms with Crippen LogP contribution in [0.1, 0.15) is 17.4 Å². The van der Waals surface area contributed by atoms with Crippen molar-refractivity contribution in [2.24, 2.45) is 0 Å². The molecule has 2 aromatic heterocycles. The number of ether oxygens (including phenoxy) is 1. The molecule has 160 valence electrons. The first-order valence-corrected chi connectivity index (χ1v) is 12.1. The number of para-hydroxylation sites is 1. The summed E-state index contributed by atoms with van der Waals surface area (Å²) in [6, 6.07) is 15.2. The molecule has 7 nitrogen and oxygen atoms in total. The SMILES string of the molecule is CS(=O)(=O)c1ccc(-c2cnc(C3COCCN3Cc3c[nH]c4ccccc34)[nH]2)cc1. The highest BCUT2D eigenvalue weighted by Crippen LogP contribution is 2.28. The molecule has 4 aromatic rings. The number of nitrogens with one attached hydrogen (secondary N) is 2. The van der Waals surface area contributed by atoms with Crippen molar-refractivity contribution in [3.05, 3.63) is 72.3 Å². The molecule has 8 heteroatoms.